The number of fused-ring (bicyclic) bond motifs is 2. The van der Waals surface area contributed by atoms with Crippen LogP contribution in [0.1, 0.15) is 22.4 Å². The van der Waals surface area contributed by atoms with E-state index >= 15 is 0 Å². The molecule has 1 N–H and O–H groups in total. The van der Waals surface area contributed by atoms with E-state index in [0.717, 1.165) is 32.5 Å². The van der Waals surface area contributed by atoms with E-state index in [1.807, 2.05) is 12.1 Å². The molecule has 0 unspecified atom stereocenters. The first-order valence-corrected chi connectivity index (χ1v) is 10.9. The second-order valence-corrected chi connectivity index (χ2v) is 9.38. The van der Waals surface area contributed by atoms with E-state index in [0.29, 0.717) is 4.90 Å². The maximum atomic E-state index is 11.8. The van der Waals surface area contributed by atoms with Gasteiger partial charge in [0.15, 0.2) is 9.84 Å². The highest BCUT2D eigenvalue weighted by Gasteiger charge is 2.17. The van der Waals surface area contributed by atoms with Gasteiger partial charge in [-0.05, 0) is 66.1 Å². The highest BCUT2D eigenvalue weighted by molar-refractivity contribution is 7.90. The number of aromatic amines is 1. The Kier molecular flexibility index (Phi) is 4.37. The summed E-state index contributed by atoms with van der Waals surface area (Å²) >= 11 is 0. The van der Waals surface area contributed by atoms with Crippen molar-refractivity contribution in [2.24, 2.45) is 0 Å². The molecule has 5 heteroatoms. The number of H-pyrrole nitrogens is 1. The number of hydrogen-bond donors (Lipinski definition) is 1. The van der Waals surface area contributed by atoms with Crippen LogP contribution in [0.5, 0.6) is 0 Å². The molecule has 0 spiro atoms. The minimum Gasteiger partial charge on any atom is -0.357 e. The summed E-state index contributed by atoms with van der Waals surface area (Å²) < 4.78 is 23.6. The van der Waals surface area contributed by atoms with E-state index in [1.165, 1.54) is 39.5 Å². The number of sulfone groups is 1. The Hall–Kier alpha value is -2.11. The third-order valence-electron chi connectivity index (χ3n) is 5.23. The lowest BCUT2D eigenvalue weighted by molar-refractivity contribution is 0.276. The van der Waals surface area contributed by atoms with Crippen LogP contribution in [0.3, 0.4) is 0 Å². The second kappa shape index (κ2) is 6.56. The first-order chi connectivity index (χ1) is 12.4. The summed E-state index contributed by atoms with van der Waals surface area (Å²) in [6.45, 7) is 4.92. The fraction of sp³-hybridized carbons (Fsp3) is 0.333. The highest BCUT2D eigenvalue weighted by Crippen LogP contribution is 2.22. The standard InChI is InChI=1S/C21H24N2O2S/c1-15-3-4-18-12-19(22-21(18)11-15)14-23-9-7-16-5-6-20(26(2,24)25)13-17(16)8-10-23/h3-6,11-13,22H,7-10,14H2,1-2H3. The molecule has 136 valence electrons. The van der Waals surface area contributed by atoms with Crippen LogP contribution in [0, 0.1) is 6.92 Å². The number of rotatable bonds is 3. The second-order valence-electron chi connectivity index (χ2n) is 7.36. The molecule has 0 bridgehead atoms. The van der Waals surface area contributed by atoms with E-state index in [4.69, 9.17) is 0 Å². The van der Waals surface area contributed by atoms with Gasteiger partial charge in [0.2, 0.25) is 0 Å². The van der Waals surface area contributed by atoms with Gasteiger partial charge in [-0.2, -0.15) is 0 Å². The SMILES string of the molecule is Cc1ccc2cc(CN3CCc4ccc(S(C)(=O)=O)cc4CC3)[nH]c2c1. The van der Waals surface area contributed by atoms with Crippen molar-refractivity contribution in [1.82, 2.24) is 9.88 Å². The summed E-state index contributed by atoms with van der Waals surface area (Å²) in [6, 6.07) is 14.3. The molecule has 4 rings (SSSR count). The topological polar surface area (TPSA) is 53.2 Å². The molecule has 26 heavy (non-hydrogen) atoms. The molecule has 0 saturated heterocycles. The molecular formula is C21H24N2O2S. The predicted molar refractivity (Wildman–Crippen MR) is 105 cm³/mol. The lowest BCUT2D eigenvalue weighted by Gasteiger charge is -2.18. The summed E-state index contributed by atoms with van der Waals surface area (Å²) in [6.07, 6.45) is 3.12. The molecule has 0 fully saturated rings. The predicted octanol–water partition coefficient (Wildman–Crippen LogP) is 3.48. The molecule has 1 aliphatic heterocycles. The van der Waals surface area contributed by atoms with Crippen LogP contribution in [-0.2, 0) is 29.2 Å². The molecule has 1 aliphatic rings. The molecule has 2 aromatic carbocycles. The Morgan fingerprint density at radius 3 is 2.54 bits per heavy atom. The van der Waals surface area contributed by atoms with Crippen LogP contribution in [0.15, 0.2) is 47.4 Å². The van der Waals surface area contributed by atoms with Crippen molar-refractivity contribution in [2.75, 3.05) is 19.3 Å². The van der Waals surface area contributed by atoms with Gasteiger partial charge in [-0.3, -0.25) is 4.90 Å². The Morgan fingerprint density at radius 2 is 1.77 bits per heavy atom. The van der Waals surface area contributed by atoms with Crippen LogP contribution >= 0.6 is 0 Å². The first kappa shape index (κ1) is 17.3. The minimum atomic E-state index is -3.15. The Balaban J connectivity index is 1.51. The average Bonchev–Trinajstić information content (AvgIpc) is 2.86. The van der Waals surface area contributed by atoms with Gasteiger partial charge >= 0.3 is 0 Å². The van der Waals surface area contributed by atoms with Crippen LogP contribution in [0.2, 0.25) is 0 Å². The monoisotopic (exact) mass is 368 g/mol. The van der Waals surface area contributed by atoms with Crippen LogP contribution in [0.4, 0.5) is 0 Å². The van der Waals surface area contributed by atoms with E-state index in [1.54, 1.807) is 6.07 Å². The molecule has 0 amide bonds. The lowest BCUT2D eigenvalue weighted by Crippen LogP contribution is -2.26. The zero-order valence-electron chi connectivity index (χ0n) is 15.2. The van der Waals surface area contributed by atoms with Crippen LogP contribution in [0.25, 0.3) is 10.9 Å². The fourth-order valence-corrected chi connectivity index (χ4v) is 4.44. The van der Waals surface area contributed by atoms with Gasteiger partial charge in [0.25, 0.3) is 0 Å². The third-order valence-corrected chi connectivity index (χ3v) is 6.34. The van der Waals surface area contributed by atoms with Gasteiger partial charge in [0.05, 0.1) is 4.90 Å². The van der Waals surface area contributed by atoms with Crippen molar-refractivity contribution in [3.63, 3.8) is 0 Å². The zero-order chi connectivity index (χ0) is 18.3. The summed E-state index contributed by atoms with van der Waals surface area (Å²) in [5.74, 6) is 0. The fourth-order valence-electron chi connectivity index (χ4n) is 3.76. The molecule has 2 heterocycles. The number of aromatic nitrogens is 1. The largest absolute Gasteiger partial charge is 0.357 e. The van der Waals surface area contributed by atoms with E-state index < -0.39 is 9.84 Å². The summed E-state index contributed by atoms with van der Waals surface area (Å²) in [4.78, 5) is 6.40. The van der Waals surface area contributed by atoms with E-state index in [2.05, 4.69) is 41.1 Å². The van der Waals surface area contributed by atoms with Crippen molar-refractivity contribution < 1.29 is 8.42 Å². The maximum Gasteiger partial charge on any atom is 0.175 e. The normalized spacial score (nSPS) is 15.8. The number of nitrogens with one attached hydrogen (secondary N) is 1. The molecule has 0 saturated carbocycles. The number of aryl methyl sites for hydroxylation is 1. The van der Waals surface area contributed by atoms with Gasteiger partial charge in [0.1, 0.15) is 0 Å². The van der Waals surface area contributed by atoms with Crippen molar-refractivity contribution in [2.45, 2.75) is 31.2 Å². The first-order valence-electron chi connectivity index (χ1n) is 9.01. The molecule has 4 nitrogen and oxygen atoms in total. The quantitative estimate of drug-likeness (QED) is 0.770. The number of benzene rings is 2. The lowest BCUT2D eigenvalue weighted by atomic mass is 10.0. The summed E-state index contributed by atoms with van der Waals surface area (Å²) in [5.41, 5.74) is 6.12. The molecular weight excluding hydrogens is 344 g/mol. The third kappa shape index (κ3) is 3.55. The highest BCUT2D eigenvalue weighted by atomic mass is 32.2. The van der Waals surface area contributed by atoms with Crippen molar-refractivity contribution in [3.05, 3.63) is 64.8 Å². The van der Waals surface area contributed by atoms with Crippen LogP contribution < -0.4 is 0 Å². The number of nitrogens with zero attached hydrogens (tertiary/aromatic N) is 1. The average molecular weight is 369 g/mol. The Labute approximate surface area is 154 Å². The van der Waals surface area contributed by atoms with Gasteiger partial charge in [-0.15, -0.1) is 0 Å². The smallest absolute Gasteiger partial charge is 0.175 e. The van der Waals surface area contributed by atoms with Crippen LogP contribution in [-0.4, -0.2) is 37.6 Å². The molecule has 0 atom stereocenters. The van der Waals surface area contributed by atoms with Crippen molar-refractivity contribution >= 4 is 20.7 Å². The Bertz CT molecular complexity index is 1070. The van der Waals surface area contributed by atoms with Gasteiger partial charge < -0.3 is 4.98 Å². The molecule has 1 aromatic heterocycles. The number of hydrogen-bond acceptors (Lipinski definition) is 3. The van der Waals surface area contributed by atoms with E-state index in [9.17, 15) is 8.42 Å². The molecule has 3 aromatic rings. The van der Waals surface area contributed by atoms with Crippen molar-refractivity contribution in [1.29, 1.82) is 0 Å². The Morgan fingerprint density at radius 1 is 1.00 bits per heavy atom. The van der Waals surface area contributed by atoms with Gasteiger partial charge in [-0.1, -0.05) is 18.2 Å². The molecule has 0 radical (unpaired) electrons. The van der Waals surface area contributed by atoms with Crippen molar-refractivity contribution in [3.8, 4) is 0 Å². The summed E-state index contributed by atoms with van der Waals surface area (Å²) in [5, 5.41) is 1.25. The van der Waals surface area contributed by atoms with Gasteiger partial charge in [-0.25, -0.2) is 8.42 Å². The van der Waals surface area contributed by atoms with Gasteiger partial charge in [0, 0.05) is 37.1 Å². The van der Waals surface area contributed by atoms with E-state index in [-0.39, 0.29) is 0 Å². The molecule has 0 aliphatic carbocycles. The summed E-state index contributed by atoms with van der Waals surface area (Å²) in [7, 11) is -3.15. The maximum absolute atomic E-state index is 11.8. The zero-order valence-corrected chi connectivity index (χ0v) is 16.1. The minimum absolute atomic E-state index is 0.427.